The average molecular weight is 340 g/mol. The zero-order chi connectivity index (χ0) is 15.2. The summed E-state index contributed by atoms with van der Waals surface area (Å²) in [6.07, 6.45) is 1.20. The molecule has 5 heteroatoms. The summed E-state index contributed by atoms with van der Waals surface area (Å²) < 4.78 is -0.0129. The van der Waals surface area contributed by atoms with Crippen LogP contribution in [0.15, 0.2) is 53.7 Å². The van der Waals surface area contributed by atoms with Gasteiger partial charge in [0.25, 0.3) is 0 Å². The van der Waals surface area contributed by atoms with Crippen LogP contribution < -0.4 is 0 Å². The van der Waals surface area contributed by atoms with Gasteiger partial charge < -0.3 is 5.11 Å². The van der Waals surface area contributed by atoms with Gasteiger partial charge >= 0.3 is 0 Å². The van der Waals surface area contributed by atoms with E-state index in [1.807, 2.05) is 42.5 Å². The van der Waals surface area contributed by atoms with Crippen LogP contribution in [-0.4, -0.2) is 19.9 Å². The molecule has 0 saturated heterocycles. The molecule has 0 spiro atoms. The third-order valence-corrected chi connectivity index (χ3v) is 5.67. The van der Waals surface area contributed by atoms with Gasteiger partial charge in [0.15, 0.2) is 0 Å². The highest BCUT2D eigenvalue weighted by Crippen LogP contribution is 2.40. The van der Waals surface area contributed by atoms with Gasteiger partial charge in [-0.1, -0.05) is 55.4 Å². The SMILES string of the molecule is CC(C)S[C@@H](Sc1ccccn1)[C@@H](O)c1ccc(Cl)cc1. The number of nitrogens with zero attached hydrogens (tertiary/aromatic N) is 1. The Hall–Kier alpha value is -0.680. The van der Waals surface area contributed by atoms with E-state index in [2.05, 4.69) is 18.8 Å². The van der Waals surface area contributed by atoms with Crippen molar-refractivity contribution in [2.75, 3.05) is 0 Å². The second-order valence-electron chi connectivity index (χ2n) is 4.84. The van der Waals surface area contributed by atoms with Gasteiger partial charge in [-0.25, -0.2) is 4.98 Å². The standard InChI is InChI=1S/C16H18ClNOS2/c1-11(2)20-16(21-14-5-3-4-10-18-14)15(19)12-6-8-13(17)9-7-12/h3-11,15-16,19H,1-2H3/t15-,16-/m0/s1. The highest BCUT2D eigenvalue weighted by Gasteiger charge is 2.24. The van der Waals surface area contributed by atoms with Gasteiger partial charge in [-0.05, 0) is 29.8 Å². The van der Waals surface area contributed by atoms with Crippen molar-refractivity contribution in [2.45, 2.75) is 34.8 Å². The molecule has 21 heavy (non-hydrogen) atoms. The number of rotatable bonds is 6. The van der Waals surface area contributed by atoms with Crippen molar-refractivity contribution in [2.24, 2.45) is 0 Å². The fourth-order valence-electron chi connectivity index (χ4n) is 1.79. The smallest absolute Gasteiger partial charge is 0.100 e. The summed E-state index contributed by atoms with van der Waals surface area (Å²) in [4.78, 5) is 4.33. The van der Waals surface area contributed by atoms with E-state index in [-0.39, 0.29) is 4.58 Å². The van der Waals surface area contributed by atoms with Crippen molar-refractivity contribution >= 4 is 35.1 Å². The van der Waals surface area contributed by atoms with Gasteiger partial charge in [0.1, 0.15) is 6.10 Å². The van der Waals surface area contributed by atoms with Gasteiger partial charge in [0.05, 0.1) is 9.61 Å². The fourth-order valence-corrected chi connectivity index (χ4v) is 4.74. The molecule has 2 nitrogen and oxygen atoms in total. The van der Waals surface area contributed by atoms with Crippen LogP contribution in [0.3, 0.4) is 0 Å². The minimum absolute atomic E-state index is 0.0129. The van der Waals surface area contributed by atoms with Crippen LogP contribution in [0.4, 0.5) is 0 Å². The second-order valence-corrected chi connectivity index (χ2v) is 8.45. The molecule has 0 amide bonds. The van der Waals surface area contributed by atoms with Crippen molar-refractivity contribution in [1.82, 2.24) is 4.98 Å². The Labute approximate surface area is 139 Å². The summed E-state index contributed by atoms with van der Waals surface area (Å²) in [5.74, 6) is 0. The lowest BCUT2D eigenvalue weighted by Gasteiger charge is -2.23. The van der Waals surface area contributed by atoms with Crippen molar-refractivity contribution in [3.8, 4) is 0 Å². The first kappa shape index (κ1) is 16.7. The van der Waals surface area contributed by atoms with Crippen molar-refractivity contribution in [3.05, 3.63) is 59.2 Å². The molecule has 2 rings (SSSR count). The normalized spacial score (nSPS) is 14.1. The van der Waals surface area contributed by atoms with E-state index in [0.29, 0.717) is 10.3 Å². The van der Waals surface area contributed by atoms with E-state index >= 15 is 0 Å². The molecule has 2 atom stereocenters. The first-order chi connectivity index (χ1) is 10.1. The third-order valence-electron chi connectivity index (χ3n) is 2.75. The van der Waals surface area contributed by atoms with Gasteiger partial charge in [-0.15, -0.1) is 11.8 Å². The van der Waals surface area contributed by atoms with E-state index in [1.54, 1.807) is 29.7 Å². The summed E-state index contributed by atoms with van der Waals surface area (Å²) in [5.41, 5.74) is 0.876. The second kappa shape index (κ2) is 8.08. The minimum atomic E-state index is -0.568. The van der Waals surface area contributed by atoms with Crippen LogP contribution in [0.2, 0.25) is 5.02 Å². The number of benzene rings is 1. The molecule has 0 bridgehead atoms. The molecule has 112 valence electrons. The number of aliphatic hydroxyl groups is 1. The number of pyridine rings is 1. The number of aliphatic hydroxyl groups excluding tert-OH is 1. The summed E-state index contributed by atoms with van der Waals surface area (Å²) >= 11 is 9.24. The highest BCUT2D eigenvalue weighted by atomic mass is 35.5. The van der Waals surface area contributed by atoms with Gasteiger partial charge in [-0.2, -0.15) is 0 Å². The molecule has 0 aliphatic carbocycles. The predicted molar refractivity (Wildman–Crippen MR) is 93.0 cm³/mol. The van der Waals surface area contributed by atoms with Crippen molar-refractivity contribution in [3.63, 3.8) is 0 Å². The third kappa shape index (κ3) is 5.22. The molecule has 1 aromatic heterocycles. The number of hydrogen-bond donors (Lipinski definition) is 1. The zero-order valence-electron chi connectivity index (χ0n) is 11.9. The summed E-state index contributed by atoms with van der Waals surface area (Å²) in [7, 11) is 0. The number of hydrogen-bond acceptors (Lipinski definition) is 4. The Balaban J connectivity index is 2.16. The predicted octanol–water partition coefficient (Wildman–Crippen LogP) is 5.03. The highest BCUT2D eigenvalue weighted by molar-refractivity contribution is 8.17. The number of aromatic nitrogens is 1. The molecule has 0 aliphatic rings. The molecule has 1 N–H and O–H groups in total. The Kier molecular flexibility index (Phi) is 6.42. The molecular weight excluding hydrogens is 322 g/mol. The van der Waals surface area contributed by atoms with Crippen LogP contribution in [0.25, 0.3) is 0 Å². The van der Waals surface area contributed by atoms with Crippen LogP contribution >= 0.6 is 35.1 Å². The van der Waals surface area contributed by atoms with Crippen LogP contribution in [0.5, 0.6) is 0 Å². The van der Waals surface area contributed by atoms with Crippen molar-refractivity contribution in [1.29, 1.82) is 0 Å². The van der Waals surface area contributed by atoms with E-state index in [1.165, 1.54) is 0 Å². The lowest BCUT2D eigenvalue weighted by Crippen LogP contribution is -2.14. The zero-order valence-corrected chi connectivity index (χ0v) is 14.3. The first-order valence-electron chi connectivity index (χ1n) is 6.73. The molecular formula is C16H18ClNOS2. The molecule has 0 unspecified atom stereocenters. The lowest BCUT2D eigenvalue weighted by atomic mass is 10.1. The van der Waals surface area contributed by atoms with E-state index in [9.17, 15) is 5.11 Å². The molecule has 0 aliphatic heterocycles. The van der Waals surface area contributed by atoms with Gasteiger partial charge in [0.2, 0.25) is 0 Å². The summed E-state index contributed by atoms with van der Waals surface area (Å²) in [6.45, 7) is 4.26. The monoisotopic (exact) mass is 339 g/mol. The molecule has 2 aromatic rings. The average Bonchev–Trinajstić information content (AvgIpc) is 2.47. The van der Waals surface area contributed by atoms with Crippen molar-refractivity contribution < 1.29 is 5.11 Å². The lowest BCUT2D eigenvalue weighted by molar-refractivity contribution is 0.196. The minimum Gasteiger partial charge on any atom is -0.386 e. The maximum atomic E-state index is 10.7. The summed E-state index contributed by atoms with van der Waals surface area (Å²) in [5, 5.41) is 12.7. The molecule has 0 radical (unpaired) electrons. The Morgan fingerprint density at radius 3 is 2.38 bits per heavy atom. The maximum Gasteiger partial charge on any atom is 0.100 e. The van der Waals surface area contributed by atoms with Crippen LogP contribution in [0.1, 0.15) is 25.5 Å². The quantitative estimate of drug-likeness (QED) is 0.591. The Bertz CT molecular complexity index is 548. The number of thioether (sulfide) groups is 2. The topological polar surface area (TPSA) is 33.1 Å². The molecule has 1 heterocycles. The van der Waals surface area contributed by atoms with Gasteiger partial charge in [-0.3, -0.25) is 0 Å². The van der Waals surface area contributed by atoms with E-state index < -0.39 is 6.10 Å². The van der Waals surface area contributed by atoms with E-state index in [0.717, 1.165) is 10.6 Å². The maximum absolute atomic E-state index is 10.7. The first-order valence-corrected chi connectivity index (χ1v) is 8.93. The number of halogens is 1. The molecule has 0 fully saturated rings. The van der Waals surface area contributed by atoms with Gasteiger partial charge in [0, 0.05) is 16.5 Å². The summed E-state index contributed by atoms with van der Waals surface area (Å²) in [6, 6.07) is 13.2. The largest absolute Gasteiger partial charge is 0.386 e. The van der Waals surface area contributed by atoms with Crippen LogP contribution in [-0.2, 0) is 0 Å². The Morgan fingerprint density at radius 2 is 1.81 bits per heavy atom. The molecule has 0 saturated carbocycles. The molecule has 1 aromatic carbocycles. The Morgan fingerprint density at radius 1 is 1.10 bits per heavy atom. The van der Waals surface area contributed by atoms with E-state index in [4.69, 9.17) is 11.6 Å². The fraction of sp³-hybridized carbons (Fsp3) is 0.312. The van der Waals surface area contributed by atoms with Crippen LogP contribution in [0, 0.1) is 0 Å².